The van der Waals surface area contributed by atoms with Crippen LogP contribution >= 0.6 is 0 Å². The Hall–Kier alpha value is -7.82. The fraction of sp³-hybridized carbons (Fsp3) is 0.0690. The van der Waals surface area contributed by atoms with E-state index in [1.807, 2.05) is 0 Å². The molecule has 2 aliphatic rings. The molecule has 294 valence electrons. The van der Waals surface area contributed by atoms with Crippen LogP contribution in [0.1, 0.15) is 51.9 Å². The topological polar surface area (TPSA) is 49.9 Å². The lowest BCUT2D eigenvalue weighted by atomic mass is 9.81. The van der Waals surface area contributed by atoms with E-state index < -0.39 is 6.17 Å². The quantitative estimate of drug-likeness (QED) is 0.182. The van der Waals surface area contributed by atoms with E-state index in [0.717, 1.165) is 68.4 Å². The lowest BCUT2D eigenvalue weighted by Gasteiger charge is -2.27. The minimum absolute atomic E-state index is 0.0302. The van der Waals surface area contributed by atoms with Crippen molar-refractivity contribution in [3.8, 4) is 33.4 Å². The van der Waals surface area contributed by atoms with E-state index in [0.29, 0.717) is 5.84 Å². The Morgan fingerprint density at radius 2 is 1.15 bits per heavy atom. The van der Waals surface area contributed by atoms with Gasteiger partial charge in [0, 0.05) is 27.8 Å². The van der Waals surface area contributed by atoms with Gasteiger partial charge in [-0.1, -0.05) is 176 Å². The minimum Gasteiger partial charge on any atom is -0.456 e. The Labute approximate surface area is 360 Å². The molecule has 0 fully saturated rings. The maximum Gasteiger partial charge on any atom is 0.159 e. The van der Waals surface area contributed by atoms with Crippen molar-refractivity contribution in [2.45, 2.75) is 24.9 Å². The zero-order valence-corrected chi connectivity index (χ0v) is 34.0. The van der Waals surface area contributed by atoms with Crippen LogP contribution < -0.4 is 5.32 Å². The molecule has 0 saturated heterocycles. The van der Waals surface area contributed by atoms with Gasteiger partial charge in [0.1, 0.15) is 23.2 Å². The summed E-state index contributed by atoms with van der Waals surface area (Å²) in [5, 5.41) is 8.54. The molecular weight excluding hydrogens is 755 g/mol. The molecule has 0 radical (unpaired) electrons. The van der Waals surface area contributed by atoms with Crippen LogP contribution in [0.15, 0.2) is 221 Å². The normalized spacial score (nSPS) is 15.9. The Balaban J connectivity index is 1.07. The number of amidine groups is 2. The van der Waals surface area contributed by atoms with E-state index in [4.69, 9.17) is 14.4 Å². The molecule has 12 rings (SSSR count). The Bertz CT molecular complexity index is 3380. The van der Waals surface area contributed by atoms with Crippen molar-refractivity contribution < 1.29 is 4.42 Å². The number of hydrogen-bond acceptors (Lipinski definition) is 4. The predicted molar refractivity (Wildman–Crippen MR) is 256 cm³/mol. The first-order chi connectivity index (χ1) is 30.7. The minimum atomic E-state index is -0.391. The van der Waals surface area contributed by atoms with Gasteiger partial charge in [-0.25, -0.2) is 9.98 Å². The summed E-state index contributed by atoms with van der Waals surface area (Å²) < 4.78 is 6.66. The van der Waals surface area contributed by atoms with Crippen molar-refractivity contribution in [1.82, 2.24) is 5.32 Å². The van der Waals surface area contributed by atoms with Crippen molar-refractivity contribution >= 4 is 44.4 Å². The van der Waals surface area contributed by atoms with Crippen LogP contribution in [-0.4, -0.2) is 11.7 Å². The molecule has 4 nitrogen and oxygen atoms in total. The van der Waals surface area contributed by atoms with E-state index in [2.05, 4.69) is 212 Å². The molecule has 1 aliphatic carbocycles. The van der Waals surface area contributed by atoms with E-state index >= 15 is 0 Å². The second-order valence-electron chi connectivity index (χ2n) is 16.4. The lowest BCUT2D eigenvalue weighted by Crippen LogP contribution is -2.34. The highest BCUT2D eigenvalue weighted by Crippen LogP contribution is 2.47. The first kappa shape index (κ1) is 36.1. The molecule has 2 heterocycles. The second-order valence-corrected chi connectivity index (χ2v) is 16.4. The summed E-state index contributed by atoms with van der Waals surface area (Å²) in [6, 6.07) is 73.8. The second kappa shape index (κ2) is 15.0. The average Bonchev–Trinajstić information content (AvgIpc) is 3.65. The van der Waals surface area contributed by atoms with Gasteiger partial charge in [0.2, 0.25) is 0 Å². The van der Waals surface area contributed by atoms with Gasteiger partial charge in [-0.05, 0) is 110 Å². The largest absolute Gasteiger partial charge is 0.456 e. The summed E-state index contributed by atoms with van der Waals surface area (Å²) in [5.41, 5.74) is 16.0. The number of fused-ring (bicyclic) bond motifs is 7. The van der Waals surface area contributed by atoms with Crippen LogP contribution in [0.3, 0.4) is 0 Å². The van der Waals surface area contributed by atoms with Gasteiger partial charge in [0.15, 0.2) is 5.84 Å². The summed E-state index contributed by atoms with van der Waals surface area (Å²) in [4.78, 5) is 11.1. The number of nitrogens with zero attached hydrogens (tertiary/aromatic N) is 2. The number of furan rings is 1. The third kappa shape index (κ3) is 6.31. The highest BCUT2D eigenvalue weighted by Gasteiger charge is 2.32. The van der Waals surface area contributed by atoms with Gasteiger partial charge < -0.3 is 9.73 Å². The number of nitrogens with one attached hydrogen (secondary N) is 1. The molecule has 0 spiro atoms. The molecule has 62 heavy (non-hydrogen) atoms. The first-order valence-corrected chi connectivity index (χ1v) is 21.5. The van der Waals surface area contributed by atoms with Crippen LogP contribution in [0.5, 0.6) is 0 Å². The molecule has 2 atom stereocenters. The Kier molecular flexibility index (Phi) is 8.74. The molecule has 2 unspecified atom stereocenters. The molecule has 9 aromatic carbocycles. The van der Waals surface area contributed by atoms with Crippen molar-refractivity contribution in [3.05, 3.63) is 240 Å². The number of aliphatic imine (C=N–C) groups is 2. The molecule has 1 N–H and O–H groups in total. The molecular formula is C58H41N3O. The van der Waals surface area contributed by atoms with Gasteiger partial charge in [0.25, 0.3) is 0 Å². The summed E-state index contributed by atoms with van der Waals surface area (Å²) in [7, 11) is 0. The molecule has 10 aromatic rings. The maximum atomic E-state index is 6.66. The fourth-order valence-corrected chi connectivity index (χ4v) is 9.80. The van der Waals surface area contributed by atoms with Crippen molar-refractivity contribution in [1.29, 1.82) is 0 Å². The SMILES string of the molecule is c1ccc(-c2ccc(C3=NC(c4ccc5oc6ccccc6c5c4C4CCc5cc6ccccc6cc5-c5ccccc54)=NC(c4cccc(-c5ccccc5)c4)N3)cc2)cc1. The average molecular weight is 796 g/mol. The Morgan fingerprint density at radius 1 is 0.484 bits per heavy atom. The highest BCUT2D eigenvalue weighted by molar-refractivity contribution is 6.17. The summed E-state index contributed by atoms with van der Waals surface area (Å²) >= 11 is 0. The molecule has 0 saturated carbocycles. The summed E-state index contributed by atoms with van der Waals surface area (Å²) in [6.45, 7) is 0. The van der Waals surface area contributed by atoms with Gasteiger partial charge >= 0.3 is 0 Å². The highest BCUT2D eigenvalue weighted by atomic mass is 16.3. The van der Waals surface area contributed by atoms with E-state index in [1.54, 1.807) is 0 Å². The molecule has 0 amide bonds. The molecule has 1 aromatic heterocycles. The van der Waals surface area contributed by atoms with Crippen molar-refractivity contribution in [2.75, 3.05) is 0 Å². The van der Waals surface area contributed by atoms with Crippen LogP contribution in [0.4, 0.5) is 0 Å². The van der Waals surface area contributed by atoms with Crippen molar-refractivity contribution in [2.24, 2.45) is 9.98 Å². The standard InChI is InChI=1S/C58H41N3O/c1-3-14-37(15-4-1)39-26-28-40(29-27-39)56-59-57(45-21-13-20-41(35-45)38-16-5-2-6-17-38)61-58(60-56)50-32-33-53-55(49-24-11-12-25-52(49)62-53)54(50)48-31-30-44-34-42-18-7-8-19-43(42)36-51(44)47-23-10-9-22-46(47)48/h1-29,32-36,48,57H,30-31H2,(H,59,60,61). The molecule has 0 bridgehead atoms. The Morgan fingerprint density at radius 3 is 1.97 bits per heavy atom. The monoisotopic (exact) mass is 795 g/mol. The number of benzene rings is 9. The van der Waals surface area contributed by atoms with E-state index in [-0.39, 0.29) is 5.92 Å². The summed E-state index contributed by atoms with van der Waals surface area (Å²) in [6.07, 6.45) is 1.45. The number of rotatable bonds is 6. The van der Waals surface area contributed by atoms with E-state index in [9.17, 15) is 0 Å². The zero-order chi connectivity index (χ0) is 41.0. The van der Waals surface area contributed by atoms with Gasteiger partial charge in [-0.3, -0.25) is 0 Å². The maximum absolute atomic E-state index is 6.66. The van der Waals surface area contributed by atoms with Crippen molar-refractivity contribution in [3.63, 3.8) is 0 Å². The van der Waals surface area contributed by atoms with Gasteiger partial charge in [0.05, 0.1) is 0 Å². The van der Waals surface area contributed by atoms with Gasteiger partial charge in [-0.15, -0.1) is 0 Å². The van der Waals surface area contributed by atoms with Crippen LogP contribution in [0.2, 0.25) is 0 Å². The zero-order valence-electron chi connectivity index (χ0n) is 34.0. The number of aryl methyl sites for hydroxylation is 1. The van der Waals surface area contributed by atoms with E-state index in [1.165, 1.54) is 49.7 Å². The number of para-hydroxylation sites is 1. The van der Waals surface area contributed by atoms with Crippen LogP contribution in [0.25, 0.3) is 66.1 Å². The van der Waals surface area contributed by atoms with Crippen LogP contribution in [0, 0.1) is 0 Å². The third-order valence-electron chi connectivity index (χ3n) is 12.8. The lowest BCUT2D eigenvalue weighted by molar-refractivity contribution is 0.666. The smallest absolute Gasteiger partial charge is 0.159 e. The van der Waals surface area contributed by atoms with Gasteiger partial charge in [-0.2, -0.15) is 0 Å². The summed E-state index contributed by atoms with van der Waals surface area (Å²) in [5.74, 6) is 1.52. The predicted octanol–water partition coefficient (Wildman–Crippen LogP) is 14.3. The van der Waals surface area contributed by atoms with Crippen LogP contribution in [-0.2, 0) is 6.42 Å². The molecule has 1 aliphatic heterocycles. The number of hydrogen-bond donors (Lipinski definition) is 1. The first-order valence-electron chi connectivity index (χ1n) is 21.5. The fourth-order valence-electron chi connectivity index (χ4n) is 9.80. The molecule has 4 heteroatoms. The third-order valence-corrected chi connectivity index (χ3v) is 12.8.